The normalized spacial score (nSPS) is 16.8. The van der Waals surface area contributed by atoms with Gasteiger partial charge < -0.3 is 10.3 Å². The molecule has 12 heteroatoms. The fraction of sp³-hybridized carbons (Fsp3) is 0.211. The zero-order valence-corrected chi connectivity index (χ0v) is 16.8. The lowest BCUT2D eigenvalue weighted by Crippen LogP contribution is -2.16. The highest BCUT2D eigenvalue weighted by Gasteiger charge is 2.33. The Hall–Kier alpha value is -3.41. The fourth-order valence-electron chi connectivity index (χ4n) is 3.56. The van der Waals surface area contributed by atoms with Crippen molar-refractivity contribution in [2.75, 3.05) is 11.1 Å². The molecule has 2 N–H and O–H groups in total. The predicted octanol–water partition coefficient (Wildman–Crippen LogP) is 3.64. The molecule has 0 bridgehead atoms. The topological polar surface area (TPSA) is 101 Å². The summed E-state index contributed by atoms with van der Waals surface area (Å²) < 4.78 is 40.4. The van der Waals surface area contributed by atoms with Crippen LogP contribution in [0.3, 0.4) is 0 Å². The molecule has 1 aliphatic rings. The number of nitrogens with one attached hydrogen (secondary N) is 2. The van der Waals surface area contributed by atoms with Gasteiger partial charge in [0.25, 0.3) is 0 Å². The Bertz CT molecular complexity index is 1300. The molecule has 1 amide bonds. The summed E-state index contributed by atoms with van der Waals surface area (Å²) in [6.07, 6.45) is -1.58. The monoisotopic (exact) mass is 445 g/mol. The fourth-order valence-corrected chi connectivity index (χ4v) is 4.75. The molecule has 158 valence electrons. The van der Waals surface area contributed by atoms with Crippen LogP contribution in [0.5, 0.6) is 0 Å². The van der Waals surface area contributed by atoms with Crippen LogP contribution in [0, 0.1) is 6.92 Å². The highest BCUT2D eigenvalue weighted by Crippen LogP contribution is 2.44. The van der Waals surface area contributed by atoms with E-state index in [2.05, 4.69) is 30.4 Å². The van der Waals surface area contributed by atoms with Gasteiger partial charge in [-0.1, -0.05) is 12.1 Å². The van der Waals surface area contributed by atoms with Gasteiger partial charge in [-0.25, -0.2) is 15.0 Å². The first-order valence-corrected chi connectivity index (χ1v) is 10.2. The molecule has 1 aromatic carbocycles. The number of rotatable bonds is 2. The summed E-state index contributed by atoms with van der Waals surface area (Å²) >= 11 is 1.33. The smallest absolute Gasteiger partial charge is 0.340 e. The van der Waals surface area contributed by atoms with Gasteiger partial charge in [-0.2, -0.15) is 23.0 Å². The SMILES string of the molecule is Cc1nn(-c2ncnc3nc[nH]c23)c2c1[C@@H](c1ccc(C(F)(F)F)cc1)SCC(=O)N2. The summed E-state index contributed by atoms with van der Waals surface area (Å²) in [6.45, 7) is 1.79. The van der Waals surface area contributed by atoms with E-state index in [1.807, 2.05) is 0 Å². The average molecular weight is 445 g/mol. The number of imidazole rings is 1. The first kappa shape index (κ1) is 19.5. The van der Waals surface area contributed by atoms with Crippen molar-refractivity contribution in [2.24, 2.45) is 0 Å². The van der Waals surface area contributed by atoms with Crippen molar-refractivity contribution in [3.8, 4) is 5.82 Å². The van der Waals surface area contributed by atoms with Crippen molar-refractivity contribution in [3.05, 3.63) is 59.3 Å². The van der Waals surface area contributed by atoms with Crippen molar-refractivity contribution in [2.45, 2.75) is 18.3 Å². The van der Waals surface area contributed by atoms with E-state index in [0.29, 0.717) is 39.6 Å². The molecule has 0 unspecified atom stereocenters. The number of aromatic amines is 1. The number of nitrogens with zero attached hydrogens (tertiary/aromatic N) is 5. The second-order valence-electron chi connectivity index (χ2n) is 6.92. The summed E-state index contributed by atoms with van der Waals surface area (Å²) in [6, 6.07) is 4.98. The molecule has 1 atom stereocenters. The van der Waals surface area contributed by atoms with Gasteiger partial charge in [0.15, 0.2) is 11.5 Å². The molecule has 0 radical (unpaired) electrons. The lowest BCUT2D eigenvalue weighted by atomic mass is 10.0. The molecular weight excluding hydrogens is 431 g/mol. The van der Waals surface area contributed by atoms with E-state index in [-0.39, 0.29) is 16.9 Å². The van der Waals surface area contributed by atoms with Crippen LogP contribution >= 0.6 is 11.8 Å². The number of aromatic nitrogens is 6. The summed E-state index contributed by atoms with van der Waals surface area (Å²) in [7, 11) is 0. The maximum Gasteiger partial charge on any atom is 0.416 e. The minimum Gasteiger partial charge on any atom is -0.340 e. The van der Waals surface area contributed by atoms with Crippen LogP contribution in [0.15, 0.2) is 36.9 Å². The molecule has 0 saturated heterocycles. The Kier molecular flexibility index (Phi) is 4.46. The van der Waals surface area contributed by atoms with Crippen LogP contribution in [0.2, 0.25) is 0 Å². The average Bonchev–Trinajstić information content (AvgIpc) is 3.28. The van der Waals surface area contributed by atoms with Gasteiger partial charge in [0.05, 0.1) is 28.6 Å². The van der Waals surface area contributed by atoms with E-state index >= 15 is 0 Å². The van der Waals surface area contributed by atoms with Crippen molar-refractivity contribution in [1.29, 1.82) is 0 Å². The minimum absolute atomic E-state index is 0.142. The van der Waals surface area contributed by atoms with Gasteiger partial charge in [0.2, 0.25) is 5.91 Å². The van der Waals surface area contributed by atoms with Crippen LogP contribution < -0.4 is 5.32 Å². The molecule has 0 saturated carbocycles. The maximum absolute atomic E-state index is 13.0. The molecule has 1 aliphatic heterocycles. The molecule has 0 aliphatic carbocycles. The number of amides is 1. The van der Waals surface area contributed by atoms with Crippen LogP contribution in [0.1, 0.15) is 27.6 Å². The van der Waals surface area contributed by atoms with Crippen molar-refractivity contribution in [3.63, 3.8) is 0 Å². The summed E-state index contributed by atoms with van der Waals surface area (Å²) in [4.78, 5) is 27.9. The van der Waals surface area contributed by atoms with E-state index in [0.717, 1.165) is 12.1 Å². The van der Waals surface area contributed by atoms with Gasteiger partial charge in [0.1, 0.15) is 17.7 Å². The molecule has 0 spiro atoms. The number of carbonyl (C=O) groups excluding carboxylic acids is 1. The number of hydrogen-bond donors (Lipinski definition) is 2. The lowest BCUT2D eigenvalue weighted by molar-refractivity contribution is -0.137. The highest BCUT2D eigenvalue weighted by molar-refractivity contribution is 8.00. The summed E-state index contributed by atoms with van der Waals surface area (Å²) in [5, 5.41) is 7.05. The van der Waals surface area contributed by atoms with Crippen molar-refractivity contribution < 1.29 is 18.0 Å². The molecule has 4 heterocycles. The van der Waals surface area contributed by atoms with Gasteiger partial charge in [-0.15, -0.1) is 11.8 Å². The number of thioether (sulfide) groups is 1. The number of anilines is 1. The Morgan fingerprint density at radius 3 is 2.68 bits per heavy atom. The zero-order chi connectivity index (χ0) is 21.8. The van der Waals surface area contributed by atoms with Crippen LogP contribution in [-0.4, -0.2) is 41.4 Å². The Morgan fingerprint density at radius 2 is 1.94 bits per heavy atom. The Morgan fingerprint density at radius 1 is 1.16 bits per heavy atom. The predicted molar refractivity (Wildman–Crippen MR) is 108 cm³/mol. The van der Waals surface area contributed by atoms with E-state index in [1.165, 1.54) is 41.2 Å². The summed E-state index contributed by atoms with van der Waals surface area (Å²) in [5.41, 5.74) is 2.25. The van der Waals surface area contributed by atoms with Crippen LogP contribution in [0.4, 0.5) is 19.0 Å². The molecule has 8 nitrogen and oxygen atoms in total. The van der Waals surface area contributed by atoms with Gasteiger partial charge >= 0.3 is 6.18 Å². The Labute approximate surface area is 177 Å². The molecule has 0 fully saturated rings. The standard InChI is InChI=1S/C19H14F3N7OS/c1-9-13-15(10-2-4-11(5-3-10)19(20,21)22)31-6-12(30)27-17(13)29(28-9)18-14-16(24-7-23-14)25-8-26-18/h2-5,7-8,15H,6H2,1H3,(H,27,30)(H,23,24,25,26)/t15-/m1/s1. The van der Waals surface area contributed by atoms with E-state index in [4.69, 9.17) is 0 Å². The highest BCUT2D eigenvalue weighted by atomic mass is 32.2. The summed E-state index contributed by atoms with van der Waals surface area (Å²) in [5.74, 6) is 0.734. The second-order valence-corrected chi connectivity index (χ2v) is 8.01. The van der Waals surface area contributed by atoms with Crippen LogP contribution in [-0.2, 0) is 11.0 Å². The first-order valence-electron chi connectivity index (χ1n) is 9.15. The molecule has 31 heavy (non-hydrogen) atoms. The number of halogens is 3. The number of fused-ring (bicyclic) bond motifs is 2. The molecule has 3 aromatic heterocycles. The third-order valence-electron chi connectivity index (χ3n) is 4.95. The largest absolute Gasteiger partial charge is 0.416 e. The van der Waals surface area contributed by atoms with E-state index in [1.54, 1.807) is 6.92 Å². The molecular formula is C19H14F3N7OS. The Balaban J connectivity index is 1.66. The van der Waals surface area contributed by atoms with E-state index < -0.39 is 11.7 Å². The quantitative estimate of drug-likeness (QED) is 0.489. The third-order valence-corrected chi connectivity index (χ3v) is 6.22. The van der Waals surface area contributed by atoms with Crippen LogP contribution in [0.25, 0.3) is 17.0 Å². The van der Waals surface area contributed by atoms with Gasteiger partial charge in [-0.3, -0.25) is 4.79 Å². The van der Waals surface area contributed by atoms with Crippen molar-refractivity contribution >= 4 is 34.7 Å². The van der Waals surface area contributed by atoms with Crippen molar-refractivity contribution in [1.82, 2.24) is 29.7 Å². The first-order chi connectivity index (χ1) is 14.8. The maximum atomic E-state index is 13.0. The number of alkyl halides is 3. The number of benzene rings is 1. The molecule has 4 aromatic rings. The van der Waals surface area contributed by atoms with E-state index in [9.17, 15) is 18.0 Å². The lowest BCUT2D eigenvalue weighted by Gasteiger charge is -2.16. The zero-order valence-electron chi connectivity index (χ0n) is 15.9. The molecule has 5 rings (SSSR count). The number of carbonyl (C=O) groups is 1. The second kappa shape index (κ2) is 7.08. The van der Waals surface area contributed by atoms with Gasteiger partial charge in [-0.05, 0) is 24.6 Å². The van der Waals surface area contributed by atoms with Gasteiger partial charge in [0, 0.05) is 5.56 Å². The number of hydrogen-bond acceptors (Lipinski definition) is 6. The number of aryl methyl sites for hydroxylation is 1. The minimum atomic E-state index is -4.42. The third kappa shape index (κ3) is 3.32. The number of H-pyrrole nitrogens is 1.